The molecule has 28 heavy (non-hydrogen) atoms. The number of nitrogens with zero attached hydrogens (tertiary/aromatic N) is 2. The Hall–Kier alpha value is -2.08. The normalized spacial score (nSPS) is 20.4. The molecule has 0 aliphatic carbocycles. The molecule has 6 heteroatoms. The molecule has 0 bridgehead atoms. The molecule has 2 heterocycles. The van der Waals surface area contributed by atoms with Gasteiger partial charge in [0, 0.05) is 26.2 Å². The molecule has 1 atom stereocenters. The molecule has 0 spiro atoms. The summed E-state index contributed by atoms with van der Waals surface area (Å²) in [4.78, 5) is 29.2. The predicted molar refractivity (Wildman–Crippen MR) is 107 cm³/mol. The van der Waals surface area contributed by atoms with Crippen molar-refractivity contribution in [2.45, 2.75) is 39.5 Å². The van der Waals surface area contributed by atoms with Crippen molar-refractivity contribution in [3.05, 3.63) is 29.3 Å². The first-order valence-corrected chi connectivity index (χ1v) is 10.3. The van der Waals surface area contributed by atoms with Crippen molar-refractivity contribution in [3.8, 4) is 5.75 Å². The van der Waals surface area contributed by atoms with Crippen molar-refractivity contribution >= 4 is 11.8 Å². The van der Waals surface area contributed by atoms with Crippen LogP contribution < -0.4 is 4.74 Å². The summed E-state index contributed by atoms with van der Waals surface area (Å²) >= 11 is 0. The Morgan fingerprint density at radius 3 is 2.64 bits per heavy atom. The lowest BCUT2D eigenvalue weighted by Gasteiger charge is -2.36. The van der Waals surface area contributed by atoms with Crippen LogP contribution in [0.2, 0.25) is 0 Å². The number of carbonyl (C=O) groups excluding carboxylic acids is 2. The van der Waals surface area contributed by atoms with Crippen LogP contribution in [-0.2, 0) is 14.3 Å². The Kier molecular flexibility index (Phi) is 6.94. The van der Waals surface area contributed by atoms with Gasteiger partial charge in [-0.25, -0.2) is 0 Å². The third-order valence-corrected chi connectivity index (χ3v) is 5.59. The first-order chi connectivity index (χ1) is 13.5. The summed E-state index contributed by atoms with van der Waals surface area (Å²) in [6, 6.07) is 6.12. The van der Waals surface area contributed by atoms with Gasteiger partial charge in [0.15, 0.2) is 6.61 Å². The van der Waals surface area contributed by atoms with E-state index in [4.69, 9.17) is 9.47 Å². The number of aryl methyl sites for hydroxylation is 1. The van der Waals surface area contributed by atoms with Crippen molar-refractivity contribution in [1.82, 2.24) is 9.80 Å². The number of benzene rings is 1. The minimum Gasteiger partial charge on any atom is -0.483 e. The average molecular weight is 389 g/mol. The minimum absolute atomic E-state index is 0.0155. The molecule has 2 fully saturated rings. The van der Waals surface area contributed by atoms with E-state index >= 15 is 0 Å². The van der Waals surface area contributed by atoms with Crippen LogP contribution in [0.25, 0.3) is 0 Å². The molecule has 2 aliphatic heterocycles. The molecule has 0 saturated carbocycles. The van der Waals surface area contributed by atoms with E-state index in [9.17, 15) is 9.59 Å². The zero-order valence-electron chi connectivity index (χ0n) is 17.3. The highest BCUT2D eigenvalue weighted by Crippen LogP contribution is 2.28. The molecule has 1 unspecified atom stereocenters. The van der Waals surface area contributed by atoms with Crippen molar-refractivity contribution in [3.63, 3.8) is 0 Å². The number of amides is 2. The van der Waals surface area contributed by atoms with E-state index in [0.717, 1.165) is 29.7 Å². The maximum Gasteiger partial charge on any atom is 0.260 e. The van der Waals surface area contributed by atoms with Gasteiger partial charge in [-0.05, 0) is 42.9 Å². The van der Waals surface area contributed by atoms with Gasteiger partial charge in [-0.2, -0.15) is 0 Å². The second-order valence-corrected chi connectivity index (χ2v) is 8.10. The Balaban J connectivity index is 1.57. The monoisotopic (exact) mass is 388 g/mol. The van der Waals surface area contributed by atoms with Gasteiger partial charge in [-0.1, -0.05) is 26.0 Å². The molecule has 2 amide bonds. The second kappa shape index (κ2) is 9.41. The quantitative estimate of drug-likeness (QED) is 0.778. The third kappa shape index (κ3) is 5.04. The number of rotatable bonds is 5. The van der Waals surface area contributed by atoms with E-state index < -0.39 is 0 Å². The lowest BCUT2D eigenvalue weighted by atomic mass is 9.96. The SMILES string of the molecule is Cc1ccc(C(C)C)c(OCC(=O)N2CCCC(C(=O)N3CCOCC3)C2)c1. The topological polar surface area (TPSA) is 59.1 Å². The zero-order valence-corrected chi connectivity index (χ0v) is 17.3. The number of hydrogen-bond donors (Lipinski definition) is 0. The summed E-state index contributed by atoms with van der Waals surface area (Å²) in [6.07, 6.45) is 1.70. The highest BCUT2D eigenvalue weighted by molar-refractivity contribution is 5.82. The van der Waals surface area contributed by atoms with Crippen LogP contribution in [0.5, 0.6) is 5.75 Å². The second-order valence-electron chi connectivity index (χ2n) is 8.10. The van der Waals surface area contributed by atoms with E-state index in [0.29, 0.717) is 45.3 Å². The summed E-state index contributed by atoms with van der Waals surface area (Å²) in [5, 5.41) is 0. The van der Waals surface area contributed by atoms with Gasteiger partial charge in [-0.3, -0.25) is 9.59 Å². The summed E-state index contributed by atoms with van der Waals surface area (Å²) in [5.41, 5.74) is 2.22. The molecule has 0 radical (unpaired) electrons. The number of carbonyl (C=O) groups is 2. The first kappa shape index (κ1) is 20.6. The van der Waals surface area contributed by atoms with Gasteiger partial charge in [0.25, 0.3) is 5.91 Å². The first-order valence-electron chi connectivity index (χ1n) is 10.3. The van der Waals surface area contributed by atoms with E-state index in [-0.39, 0.29) is 24.3 Å². The van der Waals surface area contributed by atoms with Crippen LogP contribution in [0.1, 0.15) is 43.7 Å². The lowest BCUT2D eigenvalue weighted by Crippen LogP contribution is -2.50. The third-order valence-electron chi connectivity index (χ3n) is 5.59. The molecular formula is C22H32N2O4. The number of ether oxygens (including phenoxy) is 2. The van der Waals surface area contributed by atoms with Gasteiger partial charge in [0.2, 0.25) is 5.91 Å². The van der Waals surface area contributed by atoms with E-state index in [1.807, 2.05) is 17.9 Å². The number of morpholine rings is 1. The Morgan fingerprint density at radius 1 is 1.18 bits per heavy atom. The fraction of sp³-hybridized carbons (Fsp3) is 0.636. The lowest BCUT2D eigenvalue weighted by molar-refractivity contribution is -0.144. The molecule has 0 N–H and O–H groups in total. The fourth-order valence-corrected chi connectivity index (χ4v) is 3.92. The maximum absolute atomic E-state index is 12.8. The van der Waals surface area contributed by atoms with Crippen molar-refractivity contribution < 1.29 is 19.1 Å². The average Bonchev–Trinajstić information content (AvgIpc) is 2.72. The number of likely N-dealkylation sites (tertiary alicyclic amines) is 1. The molecule has 1 aromatic carbocycles. The summed E-state index contributed by atoms with van der Waals surface area (Å²) in [7, 11) is 0. The Morgan fingerprint density at radius 2 is 1.93 bits per heavy atom. The van der Waals surface area contributed by atoms with Crippen LogP contribution in [0, 0.1) is 12.8 Å². The van der Waals surface area contributed by atoms with Crippen LogP contribution in [0.3, 0.4) is 0 Å². The standard InChI is InChI=1S/C22H32N2O4/c1-16(2)19-7-6-17(3)13-20(19)28-15-21(25)24-8-4-5-18(14-24)22(26)23-9-11-27-12-10-23/h6-7,13,16,18H,4-5,8-12,14-15H2,1-3H3. The largest absolute Gasteiger partial charge is 0.483 e. The van der Waals surface area contributed by atoms with E-state index in [2.05, 4.69) is 26.0 Å². The number of hydrogen-bond acceptors (Lipinski definition) is 4. The molecule has 154 valence electrons. The van der Waals surface area contributed by atoms with Crippen LogP contribution in [-0.4, -0.2) is 67.6 Å². The van der Waals surface area contributed by atoms with Crippen molar-refractivity contribution in [2.75, 3.05) is 46.0 Å². The molecule has 2 saturated heterocycles. The summed E-state index contributed by atoms with van der Waals surface area (Å²) in [5.74, 6) is 1.11. The minimum atomic E-state index is -0.110. The van der Waals surface area contributed by atoms with Crippen molar-refractivity contribution in [2.24, 2.45) is 5.92 Å². The molecule has 2 aliphatic rings. The Bertz CT molecular complexity index is 698. The summed E-state index contributed by atoms with van der Waals surface area (Å²) < 4.78 is 11.2. The smallest absolute Gasteiger partial charge is 0.260 e. The van der Waals surface area contributed by atoms with E-state index in [1.165, 1.54) is 0 Å². The highest BCUT2D eigenvalue weighted by atomic mass is 16.5. The number of piperidine rings is 1. The van der Waals surface area contributed by atoms with Crippen LogP contribution in [0.15, 0.2) is 18.2 Å². The van der Waals surface area contributed by atoms with E-state index in [1.54, 1.807) is 4.90 Å². The van der Waals surface area contributed by atoms with Gasteiger partial charge in [-0.15, -0.1) is 0 Å². The van der Waals surface area contributed by atoms with Crippen LogP contribution >= 0.6 is 0 Å². The molecular weight excluding hydrogens is 356 g/mol. The maximum atomic E-state index is 12.8. The van der Waals surface area contributed by atoms with Gasteiger partial charge < -0.3 is 19.3 Å². The highest BCUT2D eigenvalue weighted by Gasteiger charge is 2.32. The zero-order chi connectivity index (χ0) is 20.1. The predicted octanol–water partition coefficient (Wildman–Crippen LogP) is 2.59. The Labute approximate surface area is 167 Å². The molecule has 6 nitrogen and oxygen atoms in total. The molecule has 1 aromatic rings. The van der Waals surface area contributed by atoms with Gasteiger partial charge in [0.05, 0.1) is 19.1 Å². The fourth-order valence-electron chi connectivity index (χ4n) is 3.92. The summed E-state index contributed by atoms with van der Waals surface area (Å²) in [6.45, 7) is 9.95. The molecule has 3 rings (SSSR count). The van der Waals surface area contributed by atoms with Crippen LogP contribution in [0.4, 0.5) is 0 Å². The van der Waals surface area contributed by atoms with Crippen molar-refractivity contribution in [1.29, 1.82) is 0 Å². The van der Waals surface area contributed by atoms with Gasteiger partial charge in [0.1, 0.15) is 5.75 Å². The molecule has 0 aromatic heterocycles. The van der Waals surface area contributed by atoms with Gasteiger partial charge >= 0.3 is 0 Å².